The van der Waals surface area contributed by atoms with E-state index in [9.17, 15) is 5.11 Å². The smallest absolute Gasteiger partial charge is 0.184 e. The number of nitrogens with zero attached hydrogens (tertiary/aromatic N) is 3. The van der Waals surface area contributed by atoms with Crippen molar-refractivity contribution in [2.24, 2.45) is 0 Å². The number of benzene rings is 8. The SMILES string of the molecule is CC(C)c1cc(C(C)C)c(-c2cc([Si](c3ccccc3)(c3ccccc3)c3ccccc3)c(O)c3nc(-c4ccc5c(c4)N(c4cc(C(C)(C)C)ccn4)c4ccc(C(C)(C)C)cc4C5(C)C)cc(-c4ccccc4)c23)c(C(C)C)c1. The van der Waals surface area contributed by atoms with Crippen LogP contribution in [0, 0.1) is 0 Å². The number of aromatic nitrogens is 2. The molecule has 1 aliphatic heterocycles. The monoisotopic (exact) mass is 1080 g/mol. The largest absolute Gasteiger partial charge is 0.506 e. The molecule has 1 aliphatic rings. The topological polar surface area (TPSA) is 49.3 Å². The number of pyridine rings is 2. The van der Waals surface area contributed by atoms with Gasteiger partial charge < -0.3 is 5.11 Å². The van der Waals surface area contributed by atoms with Gasteiger partial charge in [0, 0.05) is 22.6 Å². The maximum Gasteiger partial charge on any atom is 0.184 e. The van der Waals surface area contributed by atoms with Gasteiger partial charge in [0.05, 0.1) is 17.1 Å². The van der Waals surface area contributed by atoms with Crippen molar-refractivity contribution in [3.63, 3.8) is 0 Å². The molecule has 408 valence electrons. The lowest BCUT2D eigenvalue weighted by atomic mass is 9.71. The third-order valence-corrected chi connectivity index (χ3v) is 22.2. The molecular weight excluding hydrogens is 999 g/mol. The van der Waals surface area contributed by atoms with Crippen LogP contribution in [0.1, 0.15) is 154 Å². The third-order valence-electron chi connectivity index (χ3n) is 17.4. The molecule has 1 N–H and O–H groups in total. The number of hydrogen-bond donors (Lipinski definition) is 1. The predicted molar refractivity (Wildman–Crippen MR) is 348 cm³/mol. The average Bonchev–Trinajstić information content (AvgIpc) is 2.93. The number of aromatic hydroxyl groups is 1. The normalized spacial score (nSPS) is 13.5. The number of phenols is 1. The Morgan fingerprint density at radius 2 is 1.02 bits per heavy atom. The Morgan fingerprint density at radius 3 is 1.54 bits per heavy atom. The van der Waals surface area contributed by atoms with Crippen LogP contribution in [0.4, 0.5) is 17.2 Å². The number of fused-ring (bicyclic) bond motifs is 3. The molecule has 0 saturated heterocycles. The minimum Gasteiger partial charge on any atom is -0.506 e. The Kier molecular flexibility index (Phi) is 14.2. The van der Waals surface area contributed by atoms with E-state index in [0.29, 0.717) is 11.4 Å². The van der Waals surface area contributed by atoms with Crippen molar-refractivity contribution in [1.29, 1.82) is 0 Å². The molecule has 81 heavy (non-hydrogen) atoms. The number of phenolic OH excluding ortho intramolecular Hbond substituents is 1. The molecule has 0 fully saturated rings. The van der Waals surface area contributed by atoms with Crippen LogP contribution in [0.2, 0.25) is 0 Å². The Balaban J connectivity index is 1.30. The number of anilines is 3. The second-order valence-corrected chi connectivity index (χ2v) is 29.9. The zero-order valence-corrected chi connectivity index (χ0v) is 51.1. The van der Waals surface area contributed by atoms with E-state index in [2.05, 4.69) is 296 Å². The van der Waals surface area contributed by atoms with Gasteiger partial charge in [-0.15, -0.1) is 0 Å². The lowest BCUT2D eigenvalue weighted by molar-refractivity contribution is 0.484. The van der Waals surface area contributed by atoms with Gasteiger partial charge in [0.15, 0.2) is 8.07 Å². The lowest BCUT2D eigenvalue weighted by Gasteiger charge is -2.42. The van der Waals surface area contributed by atoms with E-state index in [-0.39, 0.29) is 33.8 Å². The first kappa shape index (κ1) is 55.1. The third kappa shape index (κ3) is 9.61. The van der Waals surface area contributed by atoms with Gasteiger partial charge in [-0.2, -0.15) is 0 Å². The highest BCUT2D eigenvalue weighted by Gasteiger charge is 2.45. The maximum absolute atomic E-state index is 14.1. The van der Waals surface area contributed by atoms with Gasteiger partial charge in [-0.05, 0) is 147 Å². The highest BCUT2D eigenvalue weighted by atomic mass is 28.3. The van der Waals surface area contributed by atoms with Crippen LogP contribution in [0.15, 0.2) is 200 Å². The van der Waals surface area contributed by atoms with Crippen LogP contribution in [-0.2, 0) is 16.2 Å². The maximum atomic E-state index is 14.1. The van der Waals surface area contributed by atoms with E-state index in [1.54, 1.807) is 0 Å². The van der Waals surface area contributed by atoms with Crippen molar-refractivity contribution in [3.05, 3.63) is 239 Å². The highest BCUT2D eigenvalue weighted by molar-refractivity contribution is 7.20. The minimum atomic E-state index is -3.39. The van der Waals surface area contributed by atoms with Gasteiger partial charge in [0.2, 0.25) is 0 Å². The summed E-state index contributed by atoms with van der Waals surface area (Å²) in [6.45, 7) is 32.4. The van der Waals surface area contributed by atoms with Gasteiger partial charge in [-0.3, -0.25) is 4.90 Å². The molecular formula is C76H79N3OSi. The van der Waals surface area contributed by atoms with Crippen molar-refractivity contribution < 1.29 is 5.11 Å². The quantitative estimate of drug-likeness (QED) is 0.104. The van der Waals surface area contributed by atoms with Crippen LogP contribution in [0.5, 0.6) is 5.75 Å². The molecule has 0 bridgehead atoms. The van der Waals surface area contributed by atoms with Crippen LogP contribution < -0.4 is 25.6 Å². The van der Waals surface area contributed by atoms with Gasteiger partial charge in [0.1, 0.15) is 17.1 Å². The standard InChI is InChI=1S/C76H79N3OSi/c1-48(2)53-41-59(49(3)4)70(60(42-53)50(5)6)62-47-68(81(56-29-21-16-22-30-56,57-31-23-17-24-32-57)58-33-25-18-26-34-58)73(80)72-71(62)61(51-27-19-15-20-28-51)46-65(78-72)52-35-37-63-67(43-52)79(69-45-55(39-40-77-69)75(10,11)12)66-38-36-54(74(7,8)9)44-64(66)76(63,13)14/h15-50,80H,1-14H3. The van der Waals surface area contributed by atoms with Crippen molar-refractivity contribution in [2.75, 3.05) is 4.90 Å². The first-order chi connectivity index (χ1) is 38.6. The van der Waals surface area contributed by atoms with Crippen molar-refractivity contribution in [2.45, 2.75) is 131 Å². The van der Waals surface area contributed by atoms with E-state index in [0.717, 1.165) is 55.7 Å². The molecule has 5 heteroatoms. The van der Waals surface area contributed by atoms with Crippen LogP contribution in [-0.4, -0.2) is 23.1 Å². The van der Waals surface area contributed by atoms with Gasteiger partial charge in [0.25, 0.3) is 0 Å². The number of hydrogen-bond acceptors (Lipinski definition) is 4. The molecule has 11 rings (SSSR count). The lowest BCUT2D eigenvalue weighted by Crippen LogP contribution is -2.74. The second kappa shape index (κ2) is 20.9. The van der Waals surface area contributed by atoms with Crippen LogP contribution in [0.3, 0.4) is 0 Å². The summed E-state index contributed by atoms with van der Waals surface area (Å²) in [6.07, 6.45) is 1.97. The van der Waals surface area contributed by atoms with E-state index in [4.69, 9.17) is 9.97 Å². The summed E-state index contributed by atoms with van der Waals surface area (Å²) < 4.78 is 0. The summed E-state index contributed by atoms with van der Waals surface area (Å²) in [7, 11) is -3.39. The molecule has 0 aliphatic carbocycles. The summed E-state index contributed by atoms with van der Waals surface area (Å²) in [5, 5.41) is 19.5. The van der Waals surface area contributed by atoms with E-state index in [1.165, 1.54) is 60.1 Å². The van der Waals surface area contributed by atoms with Gasteiger partial charge in [-0.1, -0.05) is 255 Å². The predicted octanol–water partition coefficient (Wildman–Crippen LogP) is 17.8. The second-order valence-electron chi connectivity index (χ2n) is 26.2. The average molecular weight is 1080 g/mol. The minimum absolute atomic E-state index is 0.0380. The molecule has 0 spiro atoms. The first-order valence-corrected chi connectivity index (χ1v) is 31.3. The van der Waals surface area contributed by atoms with Gasteiger partial charge >= 0.3 is 0 Å². The zero-order valence-electron chi connectivity index (χ0n) is 50.1. The van der Waals surface area contributed by atoms with E-state index in [1.807, 2.05) is 6.20 Å². The fourth-order valence-electron chi connectivity index (χ4n) is 12.8. The molecule has 10 aromatic rings. The zero-order chi connectivity index (χ0) is 57.3. The summed E-state index contributed by atoms with van der Waals surface area (Å²) in [6, 6.07) is 71.7. The van der Waals surface area contributed by atoms with Crippen molar-refractivity contribution >= 4 is 56.9 Å². The fraction of sp³-hybridized carbons (Fsp3) is 0.263. The summed E-state index contributed by atoms with van der Waals surface area (Å²) >= 11 is 0. The molecule has 0 amide bonds. The summed E-state index contributed by atoms with van der Waals surface area (Å²) in [5.41, 5.74) is 17.3. The summed E-state index contributed by atoms with van der Waals surface area (Å²) in [5.74, 6) is 1.81. The fourth-order valence-corrected chi connectivity index (χ4v) is 17.7. The molecule has 2 aromatic heterocycles. The van der Waals surface area contributed by atoms with Crippen molar-refractivity contribution in [1.82, 2.24) is 9.97 Å². The molecule has 0 atom stereocenters. The van der Waals surface area contributed by atoms with Crippen LogP contribution >= 0.6 is 0 Å². The molecule has 0 radical (unpaired) electrons. The summed E-state index contributed by atoms with van der Waals surface area (Å²) in [4.78, 5) is 13.5. The molecule has 4 nitrogen and oxygen atoms in total. The van der Waals surface area contributed by atoms with Crippen LogP contribution in [0.25, 0.3) is 44.4 Å². The molecule has 0 unspecified atom stereocenters. The first-order valence-electron chi connectivity index (χ1n) is 29.3. The molecule has 3 heterocycles. The molecule has 8 aromatic carbocycles. The Labute approximate surface area is 483 Å². The Hall–Kier alpha value is -7.86. The van der Waals surface area contributed by atoms with Crippen molar-refractivity contribution in [3.8, 4) is 39.3 Å². The van der Waals surface area contributed by atoms with E-state index < -0.39 is 8.07 Å². The number of rotatable bonds is 11. The molecule has 0 saturated carbocycles. The Bertz CT molecular complexity index is 3830. The highest BCUT2D eigenvalue weighted by Crippen LogP contribution is 2.54. The van der Waals surface area contributed by atoms with Gasteiger partial charge in [-0.25, -0.2) is 9.97 Å². The van der Waals surface area contributed by atoms with E-state index >= 15 is 0 Å². The Morgan fingerprint density at radius 1 is 0.494 bits per heavy atom.